The number of hydroxylamine groups is 6. The smallest absolute Gasteiger partial charge is 0.418 e. The largest absolute Gasteiger partial charge is 0.487 e. The van der Waals surface area contributed by atoms with Crippen LogP contribution in [0.2, 0.25) is 0 Å². The summed E-state index contributed by atoms with van der Waals surface area (Å²) in [7, 11) is 9.95. The topological polar surface area (TPSA) is 492 Å². The molecule has 1 aromatic carbocycles. The molecule has 99 heavy (non-hydrogen) atoms. The van der Waals surface area contributed by atoms with Gasteiger partial charge in [-0.3, -0.25) is 86.7 Å². The van der Waals surface area contributed by atoms with Gasteiger partial charge in [0.1, 0.15) is 77.4 Å². The molecule has 4 saturated heterocycles. The lowest BCUT2D eigenvalue weighted by Crippen LogP contribution is -2.43. The molecular weight excluding hydrogens is 1310 g/mol. The van der Waals surface area contributed by atoms with E-state index < -0.39 is 46.6 Å². The lowest BCUT2D eigenvalue weighted by Gasteiger charge is -2.31. The second kappa shape index (κ2) is 28.4. The fourth-order valence-electron chi connectivity index (χ4n) is 14.5. The Morgan fingerprint density at radius 1 is 0.657 bits per heavy atom. The maximum atomic E-state index is 13.1. The summed E-state index contributed by atoms with van der Waals surface area (Å²) in [5.41, 5.74) is 28.3. The number of rotatable bonds is 13. The summed E-state index contributed by atoms with van der Waals surface area (Å²) in [6, 6.07) is 3.06. The highest BCUT2D eigenvalue weighted by Crippen LogP contribution is 2.48. The molecular formula is C58H83N27O13S. The zero-order valence-corrected chi connectivity index (χ0v) is 57.0. The fourth-order valence-corrected chi connectivity index (χ4v) is 14.9. The molecule has 8 atom stereocenters. The van der Waals surface area contributed by atoms with Gasteiger partial charge in [-0.15, -0.1) is 4.28 Å². The number of hydrogen-bond acceptors (Lipinski definition) is 22. The minimum atomic E-state index is -5.01. The number of imidazole rings is 1. The van der Waals surface area contributed by atoms with Gasteiger partial charge in [0.2, 0.25) is 0 Å². The molecule has 12 heterocycles. The molecule has 1 aliphatic carbocycles. The summed E-state index contributed by atoms with van der Waals surface area (Å²) in [6.45, 7) is 4.62. The Kier molecular flexibility index (Phi) is 20.2. The van der Waals surface area contributed by atoms with Crippen molar-refractivity contribution < 1.29 is 62.0 Å². The predicted molar refractivity (Wildman–Crippen MR) is 351 cm³/mol. The zero-order chi connectivity index (χ0) is 71.2. The zero-order valence-electron chi connectivity index (χ0n) is 56.2. The van der Waals surface area contributed by atoms with Gasteiger partial charge in [-0.2, -0.15) is 28.8 Å². The van der Waals surface area contributed by atoms with Gasteiger partial charge in [-0.25, -0.2) is 24.2 Å². The molecule has 9 aliphatic rings. The number of fused-ring (bicyclic) bond motifs is 16. The Balaban J connectivity index is 0.000000142. The molecule has 5 aromatic rings. The van der Waals surface area contributed by atoms with E-state index in [-0.39, 0.29) is 61.2 Å². The van der Waals surface area contributed by atoms with E-state index in [1.165, 1.54) is 35.9 Å². The number of nitrogens with one attached hydrogen (secondary N) is 5. The van der Waals surface area contributed by atoms with Crippen molar-refractivity contribution in [2.45, 2.75) is 107 Å². The van der Waals surface area contributed by atoms with Gasteiger partial charge in [-0.05, 0) is 44.0 Å². The van der Waals surface area contributed by atoms with Crippen molar-refractivity contribution in [3.63, 3.8) is 0 Å². The van der Waals surface area contributed by atoms with E-state index in [2.05, 4.69) is 71.1 Å². The van der Waals surface area contributed by atoms with Crippen LogP contribution < -0.4 is 38.1 Å². The number of amides is 8. The number of H-pyrrole nitrogens is 1. The molecule has 0 unspecified atom stereocenters. The lowest BCUT2D eigenvalue weighted by molar-refractivity contribution is -0.0320. The van der Waals surface area contributed by atoms with Gasteiger partial charge < -0.3 is 55.1 Å². The van der Waals surface area contributed by atoms with Crippen LogP contribution in [0.1, 0.15) is 143 Å². The number of aromatic amines is 1. The Morgan fingerprint density at radius 3 is 1.75 bits per heavy atom. The first-order valence-electron chi connectivity index (χ1n) is 31.7. The molecule has 0 spiro atoms. The summed E-state index contributed by atoms with van der Waals surface area (Å²) >= 11 is 0. The highest BCUT2D eigenvalue weighted by molar-refractivity contribution is 7.80. The molecule has 5 fully saturated rings. The number of ether oxygens (including phenoxy) is 1. The Labute approximate surface area is 568 Å². The number of carbonyl (C=O) groups excluding carboxylic acids is 4. The lowest BCUT2D eigenvalue weighted by atomic mass is 9.94. The summed E-state index contributed by atoms with van der Waals surface area (Å²) < 4.78 is 48.2. The van der Waals surface area contributed by atoms with Crippen LogP contribution in [0.15, 0.2) is 61.8 Å². The third-order valence-corrected chi connectivity index (χ3v) is 19.7. The van der Waals surface area contributed by atoms with Crippen molar-refractivity contribution in [1.82, 2.24) is 101 Å². The van der Waals surface area contributed by atoms with Crippen molar-refractivity contribution in [2.24, 2.45) is 50.5 Å². The maximum Gasteiger partial charge on any atom is 0.418 e. The molecule has 40 nitrogen and oxygen atoms in total. The van der Waals surface area contributed by atoms with Gasteiger partial charge in [0.25, 0.3) is 0 Å². The highest BCUT2D eigenvalue weighted by Gasteiger charge is 2.56. The molecule has 534 valence electrons. The van der Waals surface area contributed by atoms with Crippen LogP contribution in [0.3, 0.4) is 0 Å². The van der Waals surface area contributed by atoms with Gasteiger partial charge in [0.05, 0.1) is 72.1 Å². The molecule has 4 aromatic heterocycles. The van der Waals surface area contributed by atoms with Crippen molar-refractivity contribution in [3.8, 4) is 5.75 Å². The minimum absolute atomic E-state index is 0.0142. The number of carbonyl (C=O) groups is 4. The normalized spacial score (nSPS) is 24.1. The molecule has 8 bridgehead atoms. The number of hydrogen-bond donors (Lipinski definition) is 12. The number of aromatic nitrogens is 8. The van der Waals surface area contributed by atoms with Crippen LogP contribution in [0.4, 0.5) is 19.2 Å². The number of aliphatic imine (C=N–C) groups is 5. The van der Waals surface area contributed by atoms with E-state index in [1.807, 2.05) is 42.3 Å². The average molecular weight is 1400 g/mol. The summed E-state index contributed by atoms with van der Waals surface area (Å²) in [6.07, 6.45) is 9.33. The van der Waals surface area contributed by atoms with Crippen LogP contribution >= 0.6 is 0 Å². The molecule has 14 N–H and O–H groups in total. The van der Waals surface area contributed by atoms with E-state index in [1.54, 1.807) is 102 Å². The van der Waals surface area contributed by atoms with E-state index in [4.69, 9.17) is 16.2 Å². The number of benzene rings is 1. The van der Waals surface area contributed by atoms with E-state index in [0.29, 0.717) is 83.8 Å². The second-order valence-electron chi connectivity index (χ2n) is 24.7. The number of nitrogens with two attached hydrogens (primary N) is 2. The first-order chi connectivity index (χ1) is 47.4. The number of likely N-dealkylation sites (N-methyl/N-ethyl adjacent to an activating group) is 3. The van der Waals surface area contributed by atoms with Gasteiger partial charge >= 0.3 is 34.5 Å². The first-order valence-corrected chi connectivity index (χ1v) is 33.1. The van der Waals surface area contributed by atoms with E-state index in [0.717, 1.165) is 58.0 Å². The van der Waals surface area contributed by atoms with E-state index >= 15 is 0 Å². The third-order valence-electron chi connectivity index (χ3n) is 19.3. The third kappa shape index (κ3) is 12.6. The van der Waals surface area contributed by atoms with Crippen LogP contribution in [-0.4, -0.2) is 254 Å². The van der Waals surface area contributed by atoms with Gasteiger partial charge in [0, 0.05) is 124 Å². The minimum Gasteiger partial charge on any atom is -0.487 e. The van der Waals surface area contributed by atoms with Crippen LogP contribution in [-0.2, 0) is 41.9 Å². The standard InChI is InChI=1S/C24H32N8O7S.C12H19N7O2.2C11H16N6O2/c1-26-23(29-34)21-20-19(18-12-31(21)24(33)32(18)39-40(35,36)37)17(28-30(20)2)13-38-16-10-8-14(9-11-16)22(25)27-15-6-4-3-5-7-15;1-14-11(16-21)10-9-7(5-18(15-9)4-3-13)8-6-19(10)12(20)17(8)2;1-12-10(14-19)9-8-7(13-5-15(8)2)6-4-17(9)11(18)16(6)3;1-5-7-8(14-13-5)6-4-17(11(18)16(6)3)9(7)10(12-2)15-19/h8-11,15,18,21,34H,3-7,12-13H2,1-2H3,(H2,25,27)(H,26,29)(H,35,36,37);5,8,10,21H,3-4,6,13H2,1-2H3,(H,14,16);5-6,9,19H,4H2,1-3H3,(H,12,14);6,9,19H,4H2,1-3H3,(H,12,15)(H,13,14)/t18-,21-;8-,10-;2*6-,9-/m0000/s1. The molecule has 1 saturated carbocycles. The second-order valence-corrected chi connectivity index (χ2v) is 25.7. The number of nitrogens with zero attached hydrogens (tertiary/aromatic N) is 20. The van der Waals surface area contributed by atoms with Crippen molar-refractivity contribution >= 4 is 63.7 Å². The van der Waals surface area contributed by atoms with Crippen LogP contribution in [0, 0.1) is 6.92 Å². The van der Waals surface area contributed by atoms with Crippen molar-refractivity contribution in [1.29, 1.82) is 0 Å². The summed E-state index contributed by atoms with van der Waals surface area (Å²) in [5.74, 6) is 2.03. The molecule has 14 rings (SSSR count). The number of amidine groups is 5. The number of aryl methyl sites for hydroxylation is 3. The number of urea groups is 4. The van der Waals surface area contributed by atoms with Crippen LogP contribution in [0.5, 0.6) is 5.75 Å². The molecule has 8 amide bonds. The summed E-state index contributed by atoms with van der Waals surface area (Å²) in [5, 5.41) is 54.4. The van der Waals surface area contributed by atoms with Crippen molar-refractivity contribution in [2.75, 3.05) is 82.1 Å². The molecule has 0 radical (unpaired) electrons. The maximum absolute atomic E-state index is 13.1. The van der Waals surface area contributed by atoms with Crippen LogP contribution in [0.25, 0.3) is 0 Å². The predicted octanol–water partition coefficient (Wildman–Crippen LogP) is 1.00. The van der Waals surface area contributed by atoms with E-state index in [9.17, 15) is 53.0 Å². The van der Waals surface area contributed by atoms with Gasteiger partial charge in [-0.1, -0.05) is 19.3 Å². The Hall–Kier alpha value is -10.0. The van der Waals surface area contributed by atoms with Crippen molar-refractivity contribution in [3.05, 3.63) is 98.9 Å². The Bertz CT molecular complexity index is 4060. The molecule has 8 aliphatic heterocycles. The SMILES string of the molecule is CN=C(NO)[C@@H]1c2c(c(COc3ccc(C(N)=NC4CCCCC4)cc3)nn2C)[C@@H]2CN1C(=O)N2OS(=O)(=O)O.CN=C(NO)[C@@H]1c2c(n[nH]c2C)[C@@H]2CN1C(=O)N2C.CN=C(NO)[C@@H]1c2c(ncn2C)[C@@H]2CN1C(=O)N2C.CN=C(NO)[C@@H]1c2nn(CCN)cc2[C@@H]2CN1C(=O)N2C. The Morgan fingerprint density at radius 2 is 1.17 bits per heavy atom. The first kappa shape index (κ1) is 70.3. The molecule has 41 heteroatoms. The highest BCUT2D eigenvalue weighted by atomic mass is 32.3. The fraction of sp³-hybridized carbons (Fsp3) is 0.534. The van der Waals surface area contributed by atoms with Gasteiger partial charge in [0.15, 0.2) is 0 Å². The monoisotopic (exact) mass is 1400 g/mol. The summed E-state index contributed by atoms with van der Waals surface area (Å²) in [4.78, 5) is 86.5. The quantitative estimate of drug-likeness (QED) is 0.0339. The average Bonchev–Trinajstić information content (AvgIpc) is 1.59.